The number of carbonyl (C=O) groups is 2. The number of amides is 1. The molecule has 7 nitrogen and oxygen atoms in total. The first-order valence-corrected chi connectivity index (χ1v) is 9.82. The van der Waals surface area contributed by atoms with Crippen molar-refractivity contribution in [3.8, 4) is 11.5 Å². The van der Waals surface area contributed by atoms with Crippen molar-refractivity contribution in [2.75, 3.05) is 6.61 Å². The van der Waals surface area contributed by atoms with E-state index in [0.29, 0.717) is 20.3 Å². The van der Waals surface area contributed by atoms with E-state index in [1.165, 1.54) is 12.3 Å². The van der Waals surface area contributed by atoms with Gasteiger partial charge in [-0.15, -0.1) is 0 Å². The van der Waals surface area contributed by atoms with E-state index in [-0.39, 0.29) is 11.3 Å². The summed E-state index contributed by atoms with van der Waals surface area (Å²) < 4.78 is 6.24. The molecule has 0 atom stereocenters. The predicted molar refractivity (Wildman–Crippen MR) is 116 cm³/mol. The Balaban J connectivity index is 1.73. The molecule has 3 rings (SSSR count). The molecule has 29 heavy (non-hydrogen) atoms. The Morgan fingerprint density at radius 3 is 2.31 bits per heavy atom. The molecule has 0 aliphatic carbocycles. The van der Waals surface area contributed by atoms with Gasteiger partial charge in [-0.2, -0.15) is 5.10 Å². The van der Waals surface area contributed by atoms with Crippen LogP contribution in [0.15, 0.2) is 62.6 Å². The van der Waals surface area contributed by atoms with E-state index in [1.54, 1.807) is 18.2 Å². The summed E-state index contributed by atoms with van der Waals surface area (Å²) in [5.74, 6) is -1.44. The van der Waals surface area contributed by atoms with Crippen molar-refractivity contribution < 1.29 is 24.5 Å². The van der Waals surface area contributed by atoms with Crippen LogP contribution in [0.4, 0.5) is 0 Å². The van der Waals surface area contributed by atoms with Gasteiger partial charge >= 0.3 is 5.97 Å². The number of benzene rings is 3. The van der Waals surface area contributed by atoms with E-state index < -0.39 is 18.5 Å². The van der Waals surface area contributed by atoms with E-state index >= 15 is 0 Å². The van der Waals surface area contributed by atoms with Gasteiger partial charge in [-0.3, -0.25) is 4.79 Å². The number of ether oxygens (including phenoxy) is 1. The van der Waals surface area contributed by atoms with Crippen LogP contribution in [0, 0.1) is 0 Å². The van der Waals surface area contributed by atoms with Gasteiger partial charge in [0.15, 0.2) is 6.61 Å². The smallest absolute Gasteiger partial charge is 0.341 e. The number of hydrogen-bond acceptors (Lipinski definition) is 5. The van der Waals surface area contributed by atoms with E-state index in [9.17, 15) is 14.7 Å². The van der Waals surface area contributed by atoms with E-state index in [4.69, 9.17) is 9.84 Å². The van der Waals surface area contributed by atoms with Crippen LogP contribution in [0.1, 0.15) is 15.9 Å². The molecule has 9 heteroatoms. The Morgan fingerprint density at radius 2 is 1.69 bits per heavy atom. The second-order valence-electron chi connectivity index (χ2n) is 5.91. The second-order valence-corrected chi connectivity index (χ2v) is 7.62. The molecule has 0 heterocycles. The topological polar surface area (TPSA) is 108 Å². The lowest BCUT2D eigenvalue weighted by Crippen LogP contribution is -2.17. The summed E-state index contributed by atoms with van der Waals surface area (Å²) in [7, 11) is 0. The maximum atomic E-state index is 12.4. The summed E-state index contributed by atoms with van der Waals surface area (Å²) in [6.07, 6.45) is 1.41. The zero-order valence-electron chi connectivity index (χ0n) is 14.7. The zero-order chi connectivity index (χ0) is 21.0. The lowest BCUT2D eigenvalue weighted by atomic mass is 10.1. The van der Waals surface area contributed by atoms with Gasteiger partial charge in [-0.25, -0.2) is 10.2 Å². The average Bonchev–Trinajstić information content (AvgIpc) is 2.66. The van der Waals surface area contributed by atoms with Gasteiger partial charge in [0.25, 0.3) is 5.91 Å². The van der Waals surface area contributed by atoms with Gasteiger partial charge in [-0.1, -0.05) is 24.3 Å². The third-order valence-corrected chi connectivity index (χ3v) is 5.03. The molecule has 0 saturated carbocycles. The zero-order valence-corrected chi connectivity index (χ0v) is 17.9. The van der Waals surface area contributed by atoms with Crippen molar-refractivity contribution in [3.05, 3.63) is 68.6 Å². The van der Waals surface area contributed by atoms with Crippen molar-refractivity contribution in [1.82, 2.24) is 5.43 Å². The molecular weight excluding hydrogens is 508 g/mol. The van der Waals surface area contributed by atoms with Gasteiger partial charge in [0.1, 0.15) is 11.5 Å². The molecule has 3 N–H and O–H groups in total. The van der Waals surface area contributed by atoms with Crippen molar-refractivity contribution >= 4 is 60.7 Å². The number of hydrogen-bond donors (Lipinski definition) is 3. The standard InChI is InChI=1S/C20H14Br2N2O5/c21-15-5-11(6-16(22)19(15)29-10-18(26)27)9-23-24-20(28)14-7-12-3-1-2-4-13(12)8-17(14)25/h1-9,25H,10H2,(H,24,28)(H,26,27). The minimum atomic E-state index is -1.09. The van der Waals surface area contributed by atoms with Crippen LogP contribution in [0.25, 0.3) is 10.8 Å². The number of nitrogens with zero attached hydrogens (tertiary/aromatic N) is 1. The van der Waals surface area contributed by atoms with Crippen LogP contribution < -0.4 is 10.2 Å². The normalized spacial score (nSPS) is 11.0. The van der Waals surface area contributed by atoms with Crippen molar-refractivity contribution in [2.45, 2.75) is 0 Å². The number of aromatic hydroxyl groups is 1. The van der Waals surface area contributed by atoms with Gasteiger partial charge in [-0.05, 0) is 72.5 Å². The largest absolute Gasteiger partial charge is 0.507 e. The number of phenols is 1. The molecule has 0 fully saturated rings. The molecule has 3 aromatic carbocycles. The predicted octanol–water partition coefficient (Wildman–Crippen LogP) is 4.30. The molecule has 148 valence electrons. The Morgan fingerprint density at radius 1 is 1.07 bits per heavy atom. The molecule has 0 aliphatic heterocycles. The maximum Gasteiger partial charge on any atom is 0.341 e. The van der Waals surface area contributed by atoms with Crippen molar-refractivity contribution in [3.63, 3.8) is 0 Å². The molecule has 0 bridgehead atoms. The van der Waals surface area contributed by atoms with E-state index in [1.807, 2.05) is 24.3 Å². The summed E-state index contributed by atoms with van der Waals surface area (Å²) in [5, 5.41) is 24.4. The fourth-order valence-electron chi connectivity index (χ4n) is 2.56. The SMILES string of the molecule is O=C(O)COc1c(Br)cc(C=NNC(=O)c2cc3ccccc3cc2O)cc1Br. The highest BCUT2D eigenvalue weighted by atomic mass is 79.9. The Bertz CT molecular complexity index is 1110. The quantitative estimate of drug-likeness (QED) is 0.331. The molecule has 3 aromatic rings. The molecule has 0 aromatic heterocycles. The first-order valence-electron chi connectivity index (χ1n) is 8.24. The lowest BCUT2D eigenvalue weighted by molar-refractivity contribution is -0.139. The van der Waals surface area contributed by atoms with Gasteiger partial charge in [0.05, 0.1) is 20.7 Å². The third kappa shape index (κ3) is 5.12. The Hall–Kier alpha value is -2.91. The molecule has 0 unspecified atom stereocenters. The number of carboxylic acid groups (broad SMARTS) is 1. The van der Waals surface area contributed by atoms with Crippen LogP contribution in [0.5, 0.6) is 11.5 Å². The van der Waals surface area contributed by atoms with Crippen LogP contribution in [-0.4, -0.2) is 34.9 Å². The fourth-order valence-corrected chi connectivity index (χ4v) is 4.01. The summed E-state index contributed by atoms with van der Waals surface area (Å²) in [6.45, 7) is -0.476. The minimum absolute atomic E-state index is 0.112. The van der Waals surface area contributed by atoms with Crippen molar-refractivity contribution in [1.29, 1.82) is 0 Å². The summed E-state index contributed by atoms with van der Waals surface area (Å²) in [6, 6.07) is 13.8. The number of carboxylic acids is 1. The first-order chi connectivity index (χ1) is 13.8. The summed E-state index contributed by atoms with van der Waals surface area (Å²) >= 11 is 6.62. The van der Waals surface area contributed by atoms with E-state index in [2.05, 4.69) is 42.4 Å². The number of phenolic OH excluding ortho intramolecular Hbond substituents is 1. The fraction of sp³-hybridized carbons (Fsp3) is 0.0500. The third-order valence-electron chi connectivity index (χ3n) is 3.85. The number of halogens is 2. The monoisotopic (exact) mass is 520 g/mol. The number of nitrogens with one attached hydrogen (secondary N) is 1. The van der Waals surface area contributed by atoms with Crippen molar-refractivity contribution in [2.24, 2.45) is 5.10 Å². The highest BCUT2D eigenvalue weighted by Crippen LogP contribution is 2.34. The Kier molecular flexibility index (Phi) is 6.50. The maximum absolute atomic E-state index is 12.4. The van der Waals surface area contributed by atoms with Gasteiger partial charge in [0, 0.05) is 0 Å². The molecule has 0 radical (unpaired) electrons. The van der Waals surface area contributed by atoms with Gasteiger partial charge in [0.2, 0.25) is 0 Å². The lowest BCUT2D eigenvalue weighted by Gasteiger charge is -2.09. The number of rotatable bonds is 6. The minimum Gasteiger partial charge on any atom is -0.507 e. The molecule has 1 amide bonds. The van der Waals surface area contributed by atoms with E-state index in [0.717, 1.165) is 10.8 Å². The average molecular weight is 522 g/mol. The Labute approximate surface area is 182 Å². The second kappa shape index (κ2) is 9.06. The van der Waals surface area contributed by atoms with Crippen LogP contribution in [0.2, 0.25) is 0 Å². The first kappa shape index (κ1) is 20.8. The van der Waals surface area contributed by atoms with Crippen LogP contribution >= 0.6 is 31.9 Å². The number of fused-ring (bicyclic) bond motifs is 1. The van der Waals surface area contributed by atoms with Crippen LogP contribution in [-0.2, 0) is 4.79 Å². The molecule has 0 saturated heterocycles. The number of carbonyl (C=O) groups excluding carboxylic acids is 1. The molecular formula is C20H14Br2N2O5. The summed E-state index contributed by atoms with van der Waals surface area (Å²) in [4.78, 5) is 23.0. The molecule has 0 spiro atoms. The van der Waals surface area contributed by atoms with Gasteiger partial charge < -0.3 is 14.9 Å². The highest BCUT2D eigenvalue weighted by molar-refractivity contribution is 9.11. The van der Waals surface area contributed by atoms with Crippen LogP contribution in [0.3, 0.4) is 0 Å². The molecule has 0 aliphatic rings. The number of hydrazone groups is 1. The summed E-state index contributed by atoms with van der Waals surface area (Å²) in [5.41, 5.74) is 3.11. The number of aliphatic carboxylic acids is 1. The highest BCUT2D eigenvalue weighted by Gasteiger charge is 2.13.